The minimum absolute atomic E-state index is 0.00827. The van der Waals surface area contributed by atoms with Crippen LogP contribution in [0.3, 0.4) is 0 Å². The molecule has 1 fully saturated rings. The number of nitrogens with zero attached hydrogens (tertiary/aromatic N) is 2. The summed E-state index contributed by atoms with van der Waals surface area (Å²) in [5, 5.41) is 4.22. The van der Waals surface area contributed by atoms with E-state index in [1.165, 1.54) is 29.2 Å². The number of nitrogens with one attached hydrogen (secondary N) is 1. The number of hydrogen-bond donors (Lipinski definition) is 1. The molecule has 1 atom stereocenters. The Morgan fingerprint density at radius 2 is 1.60 bits per heavy atom. The van der Waals surface area contributed by atoms with Gasteiger partial charge in [-0.15, -0.1) is 0 Å². The van der Waals surface area contributed by atoms with E-state index < -0.39 is 28.5 Å². The maximum atomic E-state index is 14.3. The average molecular weight is 665 g/mol. The van der Waals surface area contributed by atoms with Crippen molar-refractivity contribution in [1.29, 1.82) is 0 Å². The van der Waals surface area contributed by atoms with E-state index in [0.717, 1.165) is 36.4 Å². The van der Waals surface area contributed by atoms with Gasteiger partial charge in [-0.25, -0.2) is 8.42 Å². The molecule has 1 aliphatic carbocycles. The van der Waals surface area contributed by atoms with Crippen molar-refractivity contribution in [3.63, 3.8) is 0 Å². The molecule has 3 aromatic rings. The highest BCUT2D eigenvalue weighted by atomic mass is 35.5. The van der Waals surface area contributed by atoms with Crippen LogP contribution in [0.4, 0.5) is 5.69 Å². The minimum Gasteiger partial charge on any atom is -0.352 e. The number of anilines is 1. The lowest BCUT2D eigenvalue weighted by atomic mass is 9.95. The molecule has 0 heterocycles. The molecule has 43 heavy (non-hydrogen) atoms. The SMILES string of the molecule is CC[C@H](C(=O)NC1CCCCC1)N(Cc1ccc(Cl)c(Cl)c1)C(=O)CN(c1ccccc1C)S(=O)(=O)c1ccc(Cl)cc1. The zero-order chi connectivity index (χ0) is 31.1. The zero-order valence-corrected chi connectivity index (χ0v) is 27.3. The van der Waals surface area contributed by atoms with E-state index in [1.807, 2.05) is 6.92 Å². The number of benzene rings is 3. The van der Waals surface area contributed by atoms with Crippen LogP contribution in [0.5, 0.6) is 0 Å². The van der Waals surface area contributed by atoms with E-state index >= 15 is 0 Å². The van der Waals surface area contributed by atoms with E-state index in [2.05, 4.69) is 5.32 Å². The van der Waals surface area contributed by atoms with E-state index in [4.69, 9.17) is 34.8 Å². The van der Waals surface area contributed by atoms with E-state index in [9.17, 15) is 18.0 Å². The Hall–Kier alpha value is -2.78. The van der Waals surface area contributed by atoms with Gasteiger partial charge in [0.15, 0.2) is 0 Å². The van der Waals surface area contributed by atoms with Crippen LogP contribution in [0.1, 0.15) is 56.6 Å². The number of rotatable bonds is 11. The number of amides is 2. The number of hydrogen-bond acceptors (Lipinski definition) is 4. The van der Waals surface area contributed by atoms with Gasteiger partial charge in [0.1, 0.15) is 12.6 Å². The molecule has 7 nitrogen and oxygen atoms in total. The first-order valence-electron chi connectivity index (χ1n) is 14.4. The average Bonchev–Trinajstić information content (AvgIpc) is 2.98. The summed E-state index contributed by atoms with van der Waals surface area (Å²) in [6, 6.07) is 17.0. The predicted molar refractivity (Wildman–Crippen MR) is 173 cm³/mol. The summed E-state index contributed by atoms with van der Waals surface area (Å²) >= 11 is 18.5. The van der Waals surface area contributed by atoms with Crippen LogP contribution in [0.2, 0.25) is 15.1 Å². The Balaban J connectivity index is 1.73. The summed E-state index contributed by atoms with van der Waals surface area (Å²) in [4.78, 5) is 29.4. The molecule has 0 saturated heterocycles. The molecular weight excluding hydrogens is 629 g/mol. The van der Waals surface area contributed by atoms with Gasteiger partial charge in [-0.3, -0.25) is 13.9 Å². The molecule has 1 N–H and O–H groups in total. The highest BCUT2D eigenvalue weighted by Gasteiger charge is 2.35. The molecule has 0 aromatic heterocycles. The molecular formula is C32H36Cl3N3O4S. The summed E-state index contributed by atoms with van der Waals surface area (Å²) < 4.78 is 29.2. The summed E-state index contributed by atoms with van der Waals surface area (Å²) in [5.74, 6) is -0.789. The van der Waals surface area contributed by atoms with Gasteiger partial charge >= 0.3 is 0 Å². The van der Waals surface area contributed by atoms with Gasteiger partial charge < -0.3 is 10.2 Å². The fraction of sp³-hybridized carbons (Fsp3) is 0.375. The number of carbonyl (C=O) groups excluding carboxylic acids is 2. The van der Waals surface area contributed by atoms with Crippen LogP contribution < -0.4 is 9.62 Å². The number of para-hydroxylation sites is 1. The van der Waals surface area contributed by atoms with Crippen molar-refractivity contribution in [3.05, 3.63) is 92.9 Å². The maximum absolute atomic E-state index is 14.3. The van der Waals surface area contributed by atoms with Crippen LogP contribution in [0.15, 0.2) is 71.6 Å². The smallest absolute Gasteiger partial charge is 0.264 e. The lowest BCUT2D eigenvalue weighted by Crippen LogP contribution is -2.54. The Kier molecular flexibility index (Phi) is 11.4. The highest BCUT2D eigenvalue weighted by Crippen LogP contribution is 2.29. The van der Waals surface area contributed by atoms with Crippen molar-refractivity contribution in [1.82, 2.24) is 10.2 Å². The van der Waals surface area contributed by atoms with Gasteiger partial charge in [0, 0.05) is 17.6 Å². The molecule has 0 bridgehead atoms. The van der Waals surface area contributed by atoms with Crippen molar-refractivity contribution in [2.45, 2.75) is 75.9 Å². The van der Waals surface area contributed by atoms with Crippen LogP contribution in [-0.2, 0) is 26.2 Å². The minimum atomic E-state index is -4.19. The maximum Gasteiger partial charge on any atom is 0.264 e. The second-order valence-corrected chi connectivity index (χ2v) is 13.9. The first-order chi connectivity index (χ1) is 20.5. The lowest BCUT2D eigenvalue weighted by molar-refractivity contribution is -0.140. The summed E-state index contributed by atoms with van der Waals surface area (Å²) in [6.07, 6.45) is 5.35. The van der Waals surface area contributed by atoms with Crippen molar-refractivity contribution in [3.8, 4) is 0 Å². The monoisotopic (exact) mass is 663 g/mol. The summed E-state index contributed by atoms with van der Waals surface area (Å²) in [7, 11) is -4.19. The topological polar surface area (TPSA) is 86.8 Å². The predicted octanol–water partition coefficient (Wildman–Crippen LogP) is 7.41. The summed E-state index contributed by atoms with van der Waals surface area (Å²) in [5.41, 5.74) is 1.70. The Morgan fingerprint density at radius 3 is 2.23 bits per heavy atom. The lowest BCUT2D eigenvalue weighted by Gasteiger charge is -2.34. The molecule has 0 unspecified atom stereocenters. The van der Waals surface area contributed by atoms with Crippen molar-refractivity contribution >= 4 is 62.3 Å². The molecule has 0 spiro atoms. The number of aryl methyl sites for hydroxylation is 1. The van der Waals surface area contributed by atoms with Gasteiger partial charge in [-0.2, -0.15) is 0 Å². The molecule has 1 aliphatic rings. The first kappa shape index (κ1) is 33.1. The van der Waals surface area contributed by atoms with E-state index in [-0.39, 0.29) is 23.4 Å². The molecule has 3 aromatic carbocycles. The third kappa shape index (κ3) is 8.24. The van der Waals surface area contributed by atoms with Crippen LogP contribution >= 0.6 is 34.8 Å². The van der Waals surface area contributed by atoms with Crippen molar-refractivity contribution < 1.29 is 18.0 Å². The third-order valence-electron chi connectivity index (χ3n) is 7.74. The quantitative estimate of drug-likeness (QED) is 0.231. The second kappa shape index (κ2) is 14.8. The molecule has 4 rings (SSSR count). The van der Waals surface area contributed by atoms with Crippen LogP contribution in [0.25, 0.3) is 0 Å². The normalized spacial score (nSPS) is 14.6. The van der Waals surface area contributed by atoms with Gasteiger partial charge in [-0.1, -0.05) is 85.3 Å². The zero-order valence-electron chi connectivity index (χ0n) is 24.2. The molecule has 2 amide bonds. The van der Waals surface area contributed by atoms with Gasteiger partial charge in [0.05, 0.1) is 20.6 Å². The Labute approximate surface area is 269 Å². The molecule has 11 heteroatoms. The van der Waals surface area contributed by atoms with E-state index in [0.29, 0.717) is 38.3 Å². The second-order valence-electron chi connectivity index (χ2n) is 10.8. The van der Waals surface area contributed by atoms with E-state index in [1.54, 1.807) is 49.4 Å². The van der Waals surface area contributed by atoms with Gasteiger partial charge in [0.2, 0.25) is 11.8 Å². The fourth-order valence-electron chi connectivity index (χ4n) is 5.39. The Morgan fingerprint density at radius 1 is 0.930 bits per heavy atom. The third-order valence-corrected chi connectivity index (χ3v) is 10.5. The largest absolute Gasteiger partial charge is 0.352 e. The highest BCUT2D eigenvalue weighted by molar-refractivity contribution is 7.92. The molecule has 1 saturated carbocycles. The fourth-order valence-corrected chi connectivity index (χ4v) is 7.31. The summed E-state index contributed by atoms with van der Waals surface area (Å²) in [6.45, 7) is 3.13. The molecule has 0 radical (unpaired) electrons. The van der Waals surface area contributed by atoms with Gasteiger partial charge in [-0.05, 0) is 79.8 Å². The molecule has 230 valence electrons. The Bertz CT molecular complexity index is 1540. The van der Waals surface area contributed by atoms with Crippen LogP contribution in [0, 0.1) is 6.92 Å². The first-order valence-corrected chi connectivity index (χ1v) is 17.0. The number of carbonyl (C=O) groups is 2. The number of halogens is 3. The standard InChI is InChI=1S/C32H36Cl3N3O4S/c1-3-29(32(40)36-25-10-5-4-6-11-25)37(20-23-13-18-27(34)28(35)19-23)31(39)21-38(30-12-8-7-9-22(30)2)43(41,42)26-16-14-24(33)15-17-26/h7-9,12-19,25,29H,3-6,10-11,20-21H2,1-2H3,(H,36,40)/t29-/m1/s1. The molecule has 0 aliphatic heterocycles. The van der Waals surface area contributed by atoms with Crippen LogP contribution in [-0.4, -0.2) is 43.8 Å². The van der Waals surface area contributed by atoms with Crippen molar-refractivity contribution in [2.24, 2.45) is 0 Å². The number of sulfonamides is 1. The van der Waals surface area contributed by atoms with Gasteiger partial charge in [0.25, 0.3) is 10.0 Å². The van der Waals surface area contributed by atoms with Crippen molar-refractivity contribution in [2.75, 3.05) is 10.8 Å².